The lowest BCUT2D eigenvalue weighted by molar-refractivity contribution is 0.305. The number of halogens is 3. The second-order valence-electron chi connectivity index (χ2n) is 4.03. The van der Waals surface area contributed by atoms with Crippen LogP contribution in [-0.4, -0.2) is 4.99 Å². The quantitative estimate of drug-likeness (QED) is 0.871. The molecule has 2 aromatic carbocycles. The van der Waals surface area contributed by atoms with Crippen molar-refractivity contribution >= 4 is 28.8 Å². The van der Waals surface area contributed by atoms with Crippen molar-refractivity contribution in [1.82, 2.24) is 0 Å². The predicted octanol–water partition coefficient (Wildman–Crippen LogP) is 3.83. The van der Waals surface area contributed by atoms with Crippen LogP contribution >= 0.6 is 23.8 Å². The summed E-state index contributed by atoms with van der Waals surface area (Å²) in [6.45, 7) is 0.120. The lowest BCUT2D eigenvalue weighted by atomic mass is 10.1. The van der Waals surface area contributed by atoms with E-state index in [1.165, 1.54) is 36.4 Å². The van der Waals surface area contributed by atoms with E-state index >= 15 is 0 Å². The maximum absolute atomic E-state index is 13.2. The summed E-state index contributed by atoms with van der Waals surface area (Å²) >= 11 is 10.5. The van der Waals surface area contributed by atoms with Gasteiger partial charge in [-0.2, -0.15) is 0 Å². The van der Waals surface area contributed by atoms with Gasteiger partial charge in [0.2, 0.25) is 0 Å². The number of hydrogen-bond acceptors (Lipinski definition) is 2. The summed E-state index contributed by atoms with van der Waals surface area (Å²) in [7, 11) is 0. The first-order valence-electron chi connectivity index (χ1n) is 5.63. The first-order chi connectivity index (χ1) is 9.47. The third-order valence-corrected chi connectivity index (χ3v) is 3.13. The van der Waals surface area contributed by atoms with Crippen LogP contribution in [0.2, 0.25) is 5.02 Å². The van der Waals surface area contributed by atoms with E-state index in [-0.39, 0.29) is 16.6 Å². The number of nitrogens with two attached hydrogens (primary N) is 1. The van der Waals surface area contributed by atoms with Crippen molar-refractivity contribution in [2.24, 2.45) is 5.73 Å². The van der Waals surface area contributed by atoms with E-state index in [9.17, 15) is 8.78 Å². The summed E-state index contributed by atoms with van der Waals surface area (Å²) in [4.78, 5) is 0.0836. The molecule has 0 aliphatic heterocycles. The first-order valence-corrected chi connectivity index (χ1v) is 6.42. The van der Waals surface area contributed by atoms with E-state index in [0.717, 1.165) is 0 Å². The Balaban J connectivity index is 2.18. The summed E-state index contributed by atoms with van der Waals surface area (Å²) in [5, 5.41) is -0.0313. The number of benzene rings is 2. The zero-order valence-electron chi connectivity index (χ0n) is 10.2. The van der Waals surface area contributed by atoms with E-state index in [4.69, 9.17) is 34.3 Å². The maximum Gasteiger partial charge on any atom is 0.142 e. The molecule has 20 heavy (non-hydrogen) atoms. The average molecular weight is 314 g/mol. The van der Waals surface area contributed by atoms with Crippen molar-refractivity contribution in [2.45, 2.75) is 6.61 Å². The molecular weight excluding hydrogens is 304 g/mol. The van der Waals surface area contributed by atoms with Crippen LogP contribution in [0.1, 0.15) is 11.1 Å². The summed E-state index contributed by atoms with van der Waals surface area (Å²) in [5.74, 6) is -0.555. The Hall–Kier alpha value is -1.72. The van der Waals surface area contributed by atoms with Crippen LogP contribution in [-0.2, 0) is 6.61 Å². The number of thiocarbonyl (C=S) groups is 1. The molecule has 0 aromatic heterocycles. The monoisotopic (exact) mass is 313 g/mol. The van der Waals surface area contributed by atoms with Gasteiger partial charge in [-0.05, 0) is 29.8 Å². The molecule has 0 spiro atoms. The molecule has 2 rings (SSSR count). The molecule has 0 heterocycles. The molecule has 0 bridgehead atoms. The molecule has 0 radical (unpaired) electrons. The minimum Gasteiger partial charge on any atom is -0.489 e. The van der Waals surface area contributed by atoms with Gasteiger partial charge in [0.15, 0.2) is 0 Å². The zero-order valence-corrected chi connectivity index (χ0v) is 11.8. The van der Waals surface area contributed by atoms with Crippen molar-refractivity contribution < 1.29 is 13.5 Å². The Morgan fingerprint density at radius 1 is 1.20 bits per heavy atom. The highest BCUT2D eigenvalue weighted by Crippen LogP contribution is 2.22. The lowest BCUT2D eigenvalue weighted by Gasteiger charge is -2.11. The van der Waals surface area contributed by atoms with Crippen molar-refractivity contribution in [3.63, 3.8) is 0 Å². The fourth-order valence-electron chi connectivity index (χ4n) is 1.63. The zero-order chi connectivity index (χ0) is 14.7. The molecule has 0 amide bonds. The second-order valence-corrected chi connectivity index (χ2v) is 4.88. The van der Waals surface area contributed by atoms with Crippen LogP contribution in [0.15, 0.2) is 36.4 Å². The highest BCUT2D eigenvalue weighted by molar-refractivity contribution is 7.80. The number of hydrogen-bond donors (Lipinski definition) is 1. The molecule has 0 fully saturated rings. The SMILES string of the molecule is NC(=S)c1cc(F)ccc1COc1ccc(F)c(Cl)c1. The smallest absolute Gasteiger partial charge is 0.142 e. The van der Waals surface area contributed by atoms with Gasteiger partial charge in [0.25, 0.3) is 0 Å². The average Bonchev–Trinajstić information content (AvgIpc) is 2.41. The van der Waals surface area contributed by atoms with Crippen molar-refractivity contribution in [2.75, 3.05) is 0 Å². The number of rotatable bonds is 4. The molecule has 2 N–H and O–H groups in total. The standard InChI is InChI=1S/C14H10ClF2NOS/c15-12-6-10(3-4-13(12)17)19-7-8-1-2-9(16)5-11(8)14(18)20/h1-6H,7H2,(H2,18,20). The van der Waals surface area contributed by atoms with Crippen LogP contribution in [0.3, 0.4) is 0 Å². The van der Waals surface area contributed by atoms with Crippen molar-refractivity contribution in [3.8, 4) is 5.75 Å². The molecule has 2 nitrogen and oxygen atoms in total. The normalized spacial score (nSPS) is 10.3. The van der Waals surface area contributed by atoms with Gasteiger partial charge in [0.1, 0.15) is 29.0 Å². The van der Waals surface area contributed by atoms with Crippen LogP contribution in [0.5, 0.6) is 5.75 Å². The Labute approximate surface area is 125 Å². The third-order valence-electron chi connectivity index (χ3n) is 2.62. The van der Waals surface area contributed by atoms with Gasteiger partial charge in [-0.1, -0.05) is 29.9 Å². The van der Waals surface area contributed by atoms with Gasteiger partial charge in [-0.15, -0.1) is 0 Å². The lowest BCUT2D eigenvalue weighted by Crippen LogP contribution is -2.14. The fourth-order valence-corrected chi connectivity index (χ4v) is 1.99. The number of ether oxygens (including phenoxy) is 1. The minimum atomic E-state index is -0.523. The van der Waals surface area contributed by atoms with Gasteiger partial charge in [-0.25, -0.2) is 8.78 Å². The van der Waals surface area contributed by atoms with E-state index in [1.807, 2.05) is 0 Å². The largest absolute Gasteiger partial charge is 0.489 e. The van der Waals surface area contributed by atoms with E-state index in [1.54, 1.807) is 0 Å². The van der Waals surface area contributed by atoms with Crippen LogP contribution in [0.25, 0.3) is 0 Å². The highest BCUT2D eigenvalue weighted by Gasteiger charge is 2.08. The Morgan fingerprint density at radius 2 is 1.95 bits per heavy atom. The molecule has 0 saturated heterocycles. The third kappa shape index (κ3) is 3.43. The first kappa shape index (κ1) is 14.7. The van der Waals surface area contributed by atoms with Gasteiger partial charge in [0, 0.05) is 11.6 Å². The van der Waals surface area contributed by atoms with Crippen LogP contribution in [0.4, 0.5) is 8.78 Å². The maximum atomic E-state index is 13.2. The van der Waals surface area contributed by atoms with Gasteiger partial charge < -0.3 is 10.5 Å². The Kier molecular flexibility index (Phi) is 4.52. The summed E-state index contributed by atoms with van der Waals surface area (Å²) in [6, 6.07) is 8.09. The minimum absolute atomic E-state index is 0.0313. The van der Waals surface area contributed by atoms with E-state index in [0.29, 0.717) is 16.9 Å². The van der Waals surface area contributed by atoms with E-state index < -0.39 is 11.6 Å². The molecule has 0 saturated carbocycles. The Morgan fingerprint density at radius 3 is 2.60 bits per heavy atom. The van der Waals surface area contributed by atoms with Crippen molar-refractivity contribution in [1.29, 1.82) is 0 Å². The Bertz CT molecular complexity index is 664. The summed E-state index contributed by atoms with van der Waals surface area (Å²) < 4.78 is 31.6. The molecular formula is C14H10ClF2NOS. The van der Waals surface area contributed by atoms with Gasteiger partial charge in [0.05, 0.1) is 5.02 Å². The molecule has 6 heteroatoms. The van der Waals surface area contributed by atoms with Crippen molar-refractivity contribution in [3.05, 3.63) is 64.2 Å². The molecule has 0 atom stereocenters. The summed E-state index contributed by atoms with van der Waals surface area (Å²) in [6.07, 6.45) is 0. The van der Waals surface area contributed by atoms with Gasteiger partial charge >= 0.3 is 0 Å². The van der Waals surface area contributed by atoms with Crippen LogP contribution in [0, 0.1) is 11.6 Å². The predicted molar refractivity (Wildman–Crippen MR) is 78.0 cm³/mol. The topological polar surface area (TPSA) is 35.2 Å². The summed E-state index contributed by atoms with van der Waals surface area (Å²) in [5.41, 5.74) is 6.58. The van der Waals surface area contributed by atoms with E-state index in [2.05, 4.69) is 0 Å². The van der Waals surface area contributed by atoms with Crippen LogP contribution < -0.4 is 10.5 Å². The molecule has 104 valence electrons. The molecule has 0 aliphatic rings. The molecule has 0 unspecified atom stereocenters. The highest BCUT2D eigenvalue weighted by atomic mass is 35.5. The van der Waals surface area contributed by atoms with Gasteiger partial charge in [-0.3, -0.25) is 0 Å². The fraction of sp³-hybridized carbons (Fsp3) is 0.0714. The molecule has 0 aliphatic carbocycles. The molecule has 2 aromatic rings. The second kappa shape index (κ2) is 6.15.